The molecule has 2 aromatic rings. The van der Waals surface area contributed by atoms with Crippen LogP contribution >= 0.6 is 11.3 Å². The third kappa shape index (κ3) is 4.06. The minimum atomic E-state index is -0.561. The fraction of sp³-hybridized carbons (Fsp3) is 0.333. The Hall–Kier alpha value is -1.36. The zero-order valence-electron chi connectivity index (χ0n) is 10.9. The summed E-state index contributed by atoms with van der Waals surface area (Å²) in [5.74, 6) is 0.817. The zero-order valence-corrected chi connectivity index (χ0v) is 11.7. The highest BCUT2D eigenvalue weighted by atomic mass is 32.1. The predicted molar refractivity (Wildman–Crippen MR) is 76.8 cm³/mol. The van der Waals surface area contributed by atoms with Gasteiger partial charge >= 0.3 is 0 Å². The van der Waals surface area contributed by atoms with E-state index in [1.54, 1.807) is 18.4 Å². The van der Waals surface area contributed by atoms with Crippen molar-refractivity contribution in [2.24, 2.45) is 0 Å². The normalized spacial score (nSPS) is 12.3. The quantitative estimate of drug-likeness (QED) is 0.790. The van der Waals surface area contributed by atoms with Crippen LogP contribution in [-0.4, -0.2) is 25.4 Å². The van der Waals surface area contributed by atoms with Gasteiger partial charge in [0.15, 0.2) is 0 Å². The highest BCUT2D eigenvalue weighted by molar-refractivity contribution is 7.07. The maximum atomic E-state index is 10.2. The SMILES string of the molecule is COCCCOc1ccc([C@@H](O)c2ccsc2)cc1. The molecule has 0 bridgehead atoms. The van der Waals surface area contributed by atoms with Crippen molar-refractivity contribution >= 4 is 11.3 Å². The van der Waals surface area contributed by atoms with Crippen molar-refractivity contribution in [1.82, 2.24) is 0 Å². The van der Waals surface area contributed by atoms with Crippen molar-refractivity contribution in [3.8, 4) is 5.75 Å². The van der Waals surface area contributed by atoms with Crippen LogP contribution in [0.4, 0.5) is 0 Å². The van der Waals surface area contributed by atoms with E-state index in [1.165, 1.54) is 0 Å². The summed E-state index contributed by atoms with van der Waals surface area (Å²) in [7, 11) is 1.68. The molecule has 0 saturated carbocycles. The second kappa shape index (κ2) is 7.28. The Morgan fingerprint density at radius 1 is 1.11 bits per heavy atom. The summed E-state index contributed by atoms with van der Waals surface area (Å²) < 4.78 is 10.5. The number of ether oxygens (including phenoxy) is 2. The van der Waals surface area contributed by atoms with Crippen LogP contribution in [0.5, 0.6) is 5.75 Å². The van der Waals surface area contributed by atoms with Gasteiger partial charge in [0.25, 0.3) is 0 Å². The first-order valence-corrected chi connectivity index (χ1v) is 7.17. The van der Waals surface area contributed by atoms with E-state index in [4.69, 9.17) is 9.47 Å². The predicted octanol–water partition coefficient (Wildman–Crippen LogP) is 3.25. The summed E-state index contributed by atoms with van der Waals surface area (Å²) >= 11 is 1.58. The van der Waals surface area contributed by atoms with Gasteiger partial charge in [0.1, 0.15) is 11.9 Å². The van der Waals surface area contributed by atoms with Gasteiger partial charge in [0.05, 0.1) is 6.61 Å². The van der Waals surface area contributed by atoms with Crippen molar-refractivity contribution in [1.29, 1.82) is 0 Å². The summed E-state index contributed by atoms with van der Waals surface area (Å²) in [4.78, 5) is 0. The molecule has 1 heterocycles. The van der Waals surface area contributed by atoms with E-state index in [0.717, 1.165) is 23.3 Å². The van der Waals surface area contributed by atoms with Gasteiger partial charge in [-0.1, -0.05) is 12.1 Å². The number of rotatable bonds is 7. The Labute approximate surface area is 117 Å². The molecule has 102 valence electrons. The third-order valence-corrected chi connectivity index (χ3v) is 3.52. The zero-order chi connectivity index (χ0) is 13.5. The van der Waals surface area contributed by atoms with Crippen molar-refractivity contribution in [2.75, 3.05) is 20.3 Å². The van der Waals surface area contributed by atoms with Gasteiger partial charge in [-0.25, -0.2) is 0 Å². The lowest BCUT2D eigenvalue weighted by molar-refractivity contribution is 0.172. The molecule has 19 heavy (non-hydrogen) atoms. The molecular weight excluding hydrogens is 260 g/mol. The molecule has 0 aliphatic rings. The van der Waals surface area contributed by atoms with E-state index >= 15 is 0 Å². The number of methoxy groups -OCH3 is 1. The van der Waals surface area contributed by atoms with Gasteiger partial charge < -0.3 is 14.6 Å². The molecule has 0 fully saturated rings. The molecule has 0 saturated heterocycles. The Bertz CT molecular complexity index is 465. The average Bonchev–Trinajstić information content (AvgIpc) is 2.98. The fourth-order valence-corrected chi connectivity index (χ4v) is 2.44. The molecule has 0 unspecified atom stereocenters. The van der Waals surface area contributed by atoms with Crippen LogP contribution in [0.2, 0.25) is 0 Å². The third-order valence-electron chi connectivity index (χ3n) is 2.82. The van der Waals surface area contributed by atoms with Gasteiger partial charge in [-0.05, 0) is 40.1 Å². The molecule has 1 aromatic heterocycles. The Kier molecular flexibility index (Phi) is 5.39. The van der Waals surface area contributed by atoms with E-state index in [-0.39, 0.29) is 0 Å². The lowest BCUT2D eigenvalue weighted by atomic mass is 10.0. The molecule has 0 aliphatic heterocycles. The lowest BCUT2D eigenvalue weighted by Gasteiger charge is -2.11. The van der Waals surface area contributed by atoms with Crippen LogP contribution < -0.4 is 4.74 Å². The summed E-state index contributed by atoms with van der Waals surface area (Å²) in [6, 6.07) is 9.50. The minimum absolute atomic E-state index is 0.561. The van der Waals surface area contributed by atoms with E-state index in [9.17, 15) is 5.11 Å². The molecule has 1 N–H and O–H groups in total. The summed E-state index contributed by atoms with van der Waals surface area (Å²) in [5.41, 5.74) is 1.81. The number of hydrogen-bond acceptors (Lipinski definition) is 4. The summed E-state index contributed by atoms with van der Waals surface area (Å²) in [5, 5.41) is 14.1. The van der Waals surface area contributed by atoms with Crippen LogP contribution in [-0.2, 0) is 4.74 Å². The van der Waals surface area contributed by atoms with Crippen LogP contribution in [0.1, 0.15) is 23.7 Å². The molecule has 0 aliphatic carbocycles. The van der Waals surface area contributed by atoms with E-state index in [1.807, 2.05) is 41.1 Å². The van der Waals surface area contributed by atoms with Gasteiger partial charge in [-0.2, -0.15) is 11.3 Å². The van der Waals surface area contributed by atoms with E-state index in [0.29, 0.717) is 13.2 Å². The molecule has 3 nitrogen and oxygen atoms in total. The number of thiophene rings is 1. The largest absolute Gasteiger partial charge is 0.494 e. The Balaban J connectivity index is 1.91. The van der Waals surface area contributed by atoms with Crippen molar-refractivity contribution in [3.05, 3.63) is 52.2 Å². The minimum Gasteiger partial charge on any atom is -0.494 e. The Morgan fingerprint density at radius 3 is 2.53 bits per heavy atom. The van der Waals surface area contributed by atoms with Gasteiger partial charge in [0.2, 0.25) is 0 Å². The number of aliphatic hydroxyl groups is 1. The highest BCUT2D eigenvalue weighted by Gasteiger charge is 2.10. The van der Waals surface area contributed by atoms with Gasteiger partial charge in [-0.15, -0.1) is 0 Å². The molecule has 0 spiro atoms. The number of benzene rings is 1. The first-order valence-electron chi connectivity index (χ1n) is 6.23. The van der Waals surface area contributed by atoms with Crippen LogP contribution in [0.15, 0.2) is 41.1 Å². The van der Waals surface area contributed by atoms with Gasteiger partial charge in [0, 0.05) is 20.1 Å². The smallest absolute Gasteiger partial charge is 0.119 e. The molecule has 4 heteroatoms. The van der Waals surface area contributed by atoms with Crippen LogP contribution in [0.25, 0.3) is 0 Å². The lowest BCUT2D eigenvalue weighted by Crippen LogP contribution is -2.02. The van der Waals surface area contributed by atoms with Crippen LogP contribution in [0, 0.1) is 0 Å². The number of hydrogen-bond donors (Lipinski definition) is 1. The molecule has 0 radical (unpaired) electrons. The van der Waals surface area contributed by atoms with Crippen molar-refractivity contribution in [2.45, 2.75) is 12.5 Å². The molecule has 1 atom stereocenters. The van der Waals surface area contributed by atoms with E-state index in [2.05, 4.69) is 0 Å². The van der Waals surface area contributed by atoms with E-state index < -0.39 is 6.10 Å². The maximum absolute atomic E-state index is 10.2. The number of aliphatic hydroxyl groups excluding tert-OH is 1. The standard InChI is InChI=1S/C15H18O3S/c1-17-8-2-9-18-14-5-3-12(4-6-14)15(16)13-7-10-19-11-13/h3-7,10-11,15-16H,2,8-9H2,1H3/t15-/m1/s1. The summed E-state index contributed by atoms with van der Waals surface area (Å²) in [6.07, 6.45) is 0.310. The monoisotopic (exact) mass is 278 g/mol. The molecule has 0 amide bonds. The second-order valence-electron chi connectivity index (χ2n) is 4.22. The average molecular weight is 278 g/mol. The van der Waals surface area contributed by atoms with Crippen LogP contribution in [0.3, 0.4) is 0 Å². The summed E-state index contributed by atoms with van der Waals surface area (Å²) in [6.45, 7) is 1.34. The van der Waals surface area contributed by atoms with Gasteiger partial charge in [-0.3, -0.25) is 0 Å². The molecule has 1 aromatic carbocycles. The first kappa shape index (κ1) is 14.1. The highest BCUT2D eigenvalue weighted by Crippen LogP contribution is 2.25. The maximum Gasteiger partial charge on any atom is 0.119 e. The second-order valence-corrected chi connectivity index (χ2v) is 5.00. The molecule has 2 rings (SSSR count). The van der Waals surface area contributed by atoms with Crippen molar-refractivity contribution in [3.63, 3.8) is 0 Å². The first-order chi connectivity index (χ1) is 9.31. The Morgan fingerprint density at radius 2 is 1.89 bits per heavy atom. The fourth-order valence-electron chi connectivity index (χ4n) is 1.76. The molecular formula is C15H18O3S. The topological polar surface area (TPSA) is 38.7 Å². The van der Waals surface area contributed by atoms with Crippen molar-refractivity contribution < 1.29 is 14.6 Å².